The van der Waals surface area contributed by atoms with Gasteiger partial charge in [0.2, 0.25) is 0 Å². The van der Waals surface area contributed by atoms with Crippen molar-refractivity contribution in [1.82, 2.24) is 0 Å². The second-order valence-corrected chi connectivity index (χ2v) is 6.79. The van der Waals surface area contributed by atoms with E-state index in [1.54, 1.807) is 60.7 Å². The number of aliphatic hydroxyl groups excluding tert-OH is 1. The molecule has 0 radical (unpaired) electrons. The standard InChI is InChI=1S/C22H13ClN2O4/c23-15-7-5-14(6-8-15)20(26)18-19(17-2-1-11-29-17)25(22(28)21(18)27)16-9-3-13(12-24)4-10-16/h1-11,19,26H/b20-18-. The Labute approximate surface area is 170 Å². The summed E-state index contributed by atoms with van der Waals surface area (Å²) in [4.78, 5) is 27.0. The minimum absolute atomic E-state index is 0.0865. The van der Waals surface area contributed by atoms with Crippen molar-refractivity contribution in [3.05, 3.63) is 94.4 Å². The molecule has 1 aliphatic heterocycles. The fourth-order valence-corrected chi connectivity index (χ4v) is 3.40. The molecule has 7 heteroatoms. The molecule has 1 amide bonds. The molecule has 2 aromatic carbocycles. The van der Waals surface area contributed by atoms with Crippen LogP contribution in [0.3, 0.4) is 0 Å². The molecule has 0 saturated carbocycles. The molecular formula is C22H13ClN2O4. The number of nitriles is 1. The van der Waals surface area contributed by atoms with Crippen LogP contribution in [0.4, 0.5) is 5.69 Å². The number of carbonyl (C=O) groups excluding carboxylic acids is 2. The minimum Gasteiger partial charge on any atom is -0.507 e. The van der Waals surface area contributed by atoms with Gasteiger partial charge in [-0.15, -0.1) is 0 Å². The second-order valence-electron chi connectivity index (χ2n) is 6.35. The average Bonchev–Trinajstić information content (AvgIpc) is 3.35. The number of hydrogen-bond donors (Lipinski definition) is 1. The van der Waals surface area contributed by atoms with Crippen LogP contribution < -0.4 is 4.90 Å². The smallest absolute Gasteiger partial charge is 0.300 e. The van der Waals surface area contributed by atoms with Gasteiger partial charge < -0.3 is 9.52 Å². The lowest BCUT2D eigenvalue weighted by Gasteiger charge is -2.23. The highest BCUT2D eigenvalue weighted by atomic mass is 35.5. The number of anilines is 1. The quantitative estimate of drug-likeness (QED) is 0.396. The molecule has 1 saturated heterocycles. The molecule has 1 unspecified atom stereocenters. The number of furan rings is 1. The zero-order valence-electron chi connectivity index (χ0n) is 14.9. The fraction of sp³-hybridized carbons (Fsp3) is 0.0455. The van der Waals surface area contributed by atoms with Crippen molar-refractivity contribution in [1.29, 1.82) is 5.26 Å². The summed E-state index contributed by atoms with van der Waals surface area (Å²) in [6.45, 7) is 0. The summed E-state index contributed by atoms with van der Waals surface area (Å²) in [7, 11) is 0. The SMILES string of the molecule is N#Cc1ccc(N2C(=O)C(=O)/C(=C(\O)c3ccc(Cl)cc3)C2c2ccco2)cc1. The molecule has 1 fully saturated rings. The number of ketones is 1. The van der Waals surface area contributed by atoms with Gasteiger partial charge in [0.1, 0.15) is 17.6 Å². The van der Waals surface area contributed by atoms with Gasteiger partial charge in [-0.05, 0) is 60.7 Å². The van der Waals surface area contributed by atoms with Crippen molar-refractivity contribution >= 4 is 34.7 Å². The Morgan fingerprint density at radius 1 is 1.07 bits per heavy atom. The van der Waals surface area contributed by atoms with Crippen LogP contribution in [0, 0.1) is 11.3 Å². The number of rotatable bonds is 3. The number of aliphatic hydroxyl groups is 1. The third-order valence-corrected chi connectivity index (χ3v) is 4.90. The molecule has 29 heavy (non-hydrogen) atoms. The summed E-state index contributed by atoms with van der Waals surface area (Å²) in [5, 5.41) is 20.3. The lowest BCUT2D eigenvalue weighted by molar-refractivity contribution is -0.132. The minimum atomic E-state index is -0.950. The molecule has 0 aliphatic carbocycles. The summed E-state index contributed by atoms with van der Waals surface area (Å²) in [5.41, 5.74) is 1.09. The molecular weight excluding hydrogens is 392 g/mol. The predicted octanol–water partition coefficient (Wildman–Crippen LogP) is 4.43. The van der Waals surface area contributed by atoms with E-state index in [2.05, 4.69) is 0 Å². The Kier molecular flexibility index (Phi) is 4.67. The van der Waals surface area contributed by atoms with Gasteiger partial charge in [0.25, 0.3) is 11.7 Å². The molecule has 3 aromatic rings. The maximum Gasteiger partial charge on any atom is 0.300 e. The molecule has 1 atom stereocenters. The van der Waals surface area contributed by atoms with Crippen molar-refractivity contribution in [2.75, 3.05) is 4.90 Å². The molecule has 4 rings (SSSR count). The first-order valence-electron chi connectivity index (χ1n) is 8.62. The Morgan fingerprint density at radius 3 is 2.34 bits per heavy atom. The molecule has 1 N–H and O–H groups in total. The van der Waals surface area contributed by atoms with E-state index in [-0.39, 0.29) is 11.3 Å². The van der Waals surface area contributed by atoms with Gasteiger partial charge in [-0.25, -0.2) is 0 Å². The number of nitrogens with zero attached hydrogens (tertiary/aromatic N) is 2. The van der Waals surface area contributed by atoms with E-state index in [4.69, 9.17) is 21.3 Å². The maximum absolute atomic E-state index is 12.9. The van der Waals surface area contributed by atoms with Crippen LogP contribution in [-0.4, -0.2) is 16.8 Å². The first-order valence-corrected chi connectivity index (χ1v) is 8.99. The highest BCUT2D eigenvalue weighted by Crippen LogP contribution is 2.42. The monoisotopic (exact) mass is 404 g/mol. The van der Waals surface area contributed by atoms with Gasteiger partial charge in [0.05, 0.1) is 23.5 Å². The van der Waals surface area contributed by atoms with Crippen LogP contribution in [0.2, 0.25) is 5.02 Å². The first kappa shape index (κ1) is 18.5. The Bertz CT molecular complexity index is 1160. The number of Topliss-reactive ketones (excluding diaryl/α,β-unsaturated/α-hetero) is 1. The van der Waals surface area contributed by atoms with E-state index in [9.17, 15) is 14.7 Å². The predicted molar refractivity (Wildman–Crippen MR) is 106 cm³/mol. The lowest BCUT2D eigenvalue weighted by atomic mass is 9.99. The number of benzene rings is 2. The third-order valence-electron chi connectivity index (χ3n) is 4.65. The molecule has 6 nitrogen and oxygen atoms in total. The van der Waals surface area contributed by atoms with Gasteiger partial charge in [-0.2, -0.15) is 5.26 Å². The summed E-state index contributed by atoms with van der Waals surface area (Å²) in [5.74, 6) is -1.63. The second kappa shape index (κ2) is 7.30. The van der Waals surface area contributed by atoms with Gasteiger partial charge >= 0.3 is 0 Å². The van der Waals surface area contributed by atoms with Crippen LogP contribution in [0.1, 0.15) is 22.9 Å². The number of amides is 1. The molecule has 2 heterocycles. The van der Waals surface area contributed by atoms with Crippen molar-refractivity contribution in [3.63, 3.8) is 0 Å². The molecule has 1 aromatic heterocycles. The number of halogens is 1. The Balaban J connectivity index is 1.90. The normalized spacial score (nSPS) is 18.1. The zero-order chi connectivity index (χ0) is 20.5. The van der Waals surface area contributed by atoms with Crippen LogP contribution >= 0.6 is 11.6 Å². The van der Waals surface area contributed by atoms with Crippen LogP contribution in [0.5, 0.6) is 0 Å². The highest BCUT2D eigenvalue weighted by molar-refractivity contribution is 6.51. The van der Waals surface area contributed by atoms with Gasteiger partial charge in [0, 0.05) is 16.3 Å². The summed E-state index contributed by atoms with van der Waals surface area (Å²) in [6, 6.07) is 16.8. The zero-order valence-corrected chi connectivity index (χ0v) is 15.6. The molecule has 0 spiro atoms. The fourth-order valence-electron chi connectivity index (χ4n) is 3.27. The number of carbonyl (C=O) groups is 2. The Hall–Kier alpha value is -3.82. The summed E-state index contributed by atoms with van der Waals surface area (Å²) < 4.78 is 5.48. The molecule has 0 bridgehead atoms. The van der Waals surface area contributed by atoms with Crippen LogP contribution in [0.15, 0.2) is 76.9 Å². The molecule has 1 aliphatic rings. The van der Waals surface area contributed by atoms with Gasteiger partial charge in [-0.1, -0.05) is 11.6 Å². The van der Waals surface area contributed by atoms with E-state index in [1.165, 1.54) is 11.2 Å². The largest absolute Gasteiger partial charge is 0.507 e. The van der Waals surface area contributed by atoms with Crippen LogP contribution in [-0.2, 0) is 9.59 Å². The van der Waals surface area contributed by atoms with E-state index in [0.29, 0.717) is 27.6 Å². The van der Waals surface area contributed by atoms with Gasteiger partial charge in [0.15, 0.2) is 0 Å². The van der Waals surface area contributed by atoms with E-state index in [1.807, 2.05) is 6.07 Å². The van der Waals surface area contributed by atoms with E-state index in [0.717, 1.165) is 0 Å². The topological polar surface area (TPSA) is 94.5 Å². The third kappa shape index (κ3) is 3.18. The summed E-state index contributed by atoms with van der Waals surface area (Å²) in [6.07, 6.45) is 1.43. The van der Waals surface area contributed by atoms with Gasteiger partial charge in [-0.3, -0.25) is 14.5 Å². The maximum atomic E-state index is 12.9. The molecule has 142 valence electrons. The van der Waals surface area contributed by atoms with E-state index < -0.39 is 17.7 Å². The van der Waals surface area contributed by atoms with Crippen molar-refractivity contribution in [2.45, 2.75) is 6.04 Å². The van der Waals surface area contributed by atoms with E-state index >= 15 is 0 Å². The summed E-state index contributed by atoms with van der Waals surface area (Å²) >= 11 is 5.90. The lowest BCUT2D eigenvalue weighted by Crippen LogP contribution is -2.29. The first-order chi connectivity index (χ1) is 14.0. The number of hydrogen-bond acceptors (Lipinski definition) is 5. The van der Waals surface area contributed by atoms with Crippen LogP contribution in [0.25, 0.3) is 5.76 Å². The van der Waals surface area contributed by atoms with Crippen molar-refractivity contribution in [3.8, 4) is 6.07 Å². The average molecular weight is 405 g/mol. The highest BCUT2D eigenvalue weighted by Gasteiger charge is 2.48. The Morgan fingerprint density at radius 2 is 1.76 bits per heavy atom. The van der Waals surface area contributed by atoms with Crippen molar-refractivity contribution in [2.24, 2.45) is 0 Å². The van der Waals surface area contributed by atoms with Crippen molar-refractivity contribution < 1.29 is 19.1 Å².